The fourth-order valence-corrected chi connectivity index (χ4v) is 7.53. The van der Waals surface area contributed by atoms with Crippen LogP contribution in [0.4, 0.5) is 0 Å². The summed E-state index contributed by atoms with van der Waals surface area (Å²) in [5, 5.41) is 18.0. The van der Waals surface area contributed by atoms with Gasteiger partial charge in [-0.2, -0.15) is 11.8 Å². The maximum Gasteiger partial charge on any atom is 0.237 e. The Hall–Kier alpha value is -1.57. The van der Waals surface area contributed by atoms with Gasteiger partial charge in [-0.05, 0) is 76.0 Å². The molecular weight excluding hydrogens is 482 g/mol. The lowest BCUT2D eigenvalue weighted by atomic mass is 9.72. The number of nitrogens with zero attached hydrogens (tertiary/aromatic N) is 1. The molecule has 3 N–H and O–H groups in total. The van der Waals surface area contributed by atoms with Gasteiger partial charge in [0, 0.05) is 30.3 Å². The molecule has 37 heavy (non-hydrogen) atoms. The number of likely N-dealkylation sites (tertiary alicyclic amines) is 1. The van der Waals surface area contributed by atoms with Crippen molar-refractivity contribution in [3.05, 3.63) is 35.9 Å². The number of thioether (sulfide) groups is 1. The van der Waals surface area contributed by atoms with E-state index in [0.29, 0.717) is 24.8 Å². The Morgan fingerprint density at radius 1 is 1.05 bits per heavy atom. The first kappa shape index (κ1) is 28.4. The number of carbonyl (C=O) groups excluding carboxylic acids is 2. The highest BCUT2D eigenvalue weighted by molar-refractivity contribution is 7.99. The molecule has 1 aromatic rings. The van der Waals surface area contributed by atoms with Crippen molar-refractivity contribution in [3.8, 4) is 0 Å². The number of β-amino-alcohol motifs (C(OH)–C–C–N with tert-alkyl or cyclic N) is 1. The number of amides is 2. The molecule has 0 bridgehead atoms. The predicted octanol–water partition coefficient (Wildman–Crippen LogP) is 4.01. The second kappa shape index (κ2) is 13.0. The molecule has 2 amide bonds. The number of piperidine rings is 1. The lowest BCUT2D eigenvalue weighted by molar-refractivity contribution is -0.133. The van der Waals surface area contributed by atoms with Gasteiger partial charge in [0.25, 0.3) is 0 Å². The molecular formula is C30H47N3O3S. The first-order valence-corrected chi connectivity index (χ1v) is 15.5. The van der Waals surface area contributed by atoms with E-state index in [1.165, 1.54) is 25.7 Å². The molecule has 0 spiro atoms. The molecule has 4 rings (SSSR count). The van der Waals surface area contributed by atoms with E-state index < -0.39 is 12.1 Å². The average molecular weight is 530 g/mol. The Morgan fingerprint density at radius 2 is 1.78 bits per heavy atom. The zero-order valence-electron chi connectivity index (χ0n) is 23.0. The van der Waals surface area contributed by atoms with E-state index >= 15 is 0 Å². The number of benzene rings is 1. The van der Waals surface area contributed by atoms with Crippen molar-refractivity contribution in [2.45, 2.75) is 95.9 Å². The quantitative estimate of drug-likeness (QED) is 0.474. The summed E-state index contributed by atoms with van der Waals surface area (Å²) in [7, 11) is 0. The summed E-state index contributed by atoms with van der Waals surface area (Å²) >= 11 is 1.84. The van der Waals surface area contributed by atoms with Crippen LogP contribution in [0.5, 0.6) is 0 Å². The minimum atomic E-state index is -0.759. The van der Waals surface area contributed by atoms with Gasteiger partial charge in [-0.15, -0.1) is 0 Å². The number of carbonyl (C=O) groups is 2. The van der Waals surface area contributed by atoms with E-state index in [4.69, 9.17) is 0 Å². The molecule has 0 unspecified atom stereocenters. The maximum absolute atomic E-state index is 13.4. The summed E-state index contributed by atoms with van der Waals surface area (Å²) in [5.41, 5.74) is 0.796. The number of fused-ring (bicyclic) bond motifs is 1. The lowest BCUT2D eigenvalue weighted by Crippen LogP contribution is -2.60. The van der Waals surface area contributed by atoms with Gasteiger partial charge < -0.3 is 15.7 Å². The minimum Gasteiger partial charge on any atom is -0.390 e. The highest BCUT2D eigenvalue weighted by Gasteiger charge is 2.42. The van der Waals surface area contributed by atoms with Crippen LogP contribution in [0.15, 0.2) is 30.3 Å². The van der Waals surface area contributed by atoms with E-state index in [0.717, 1.165) is 42.9 Å². The number of aliphatic hydroxyl groups is 1. The first-order valence-electron chi connectivity index (χ1n) is 14.4. The van der Waals surface area contributed by atoms with E-state index in [1.807, 2.05) is 50.7 Å². The molecule has 2 heterocycles. The van der Waals surface area contributed by atoms with Crippen molar-refractivity contribution < 1.29 is 14.7 Å². The van der Waals surface area contributed by atoms with Crippen LogP contribution in [0.3, 0.4) is 0 Å². The Labute approximate surface area is 227 Å². The standard InChI is InChI=1S/C30H47N3O3S/c1-30(2,3)32-29(36)26-17-22-12-7-8-13-23(22)18-33(26)19-27(34)25(16-21-10-5-4-6-11-21)31-28(35)24-14-9-15-37-20-24/h4-6,10-11,22-27,34H,7-9,12-20H2,1-3H3,(H,31,35)(H,32,36)/t22-,23+,24+,25-,26-,27+/m0/s1. The van der Waals surface area contributed by atoms with Crippen LogP contribution in [-0.2, 0) is 16.0 Å². The van der Waals surface area contributed by atoms with Gasteiger partial charge in [0.2, 0.25) is 11.8 Å². The number of hydrogen-bond acceptors (Lipinski definition) is 5. The first-order chi connectivity index (χ1) is 17.7. The van der Waals surface area contributed by atoms with Crippen molar-refractivity contribution in [1.29, 1.82) is 0 Å². The fraction of sp³-hybridized carbons (Fsp3) is 0.733. The predicted molar refractivity (Wildman–Crippen MR) is 151 cm³/mol. The highest BCUT2D eigenvalue weighted by Crippen LogP contribution is 2.39. The molecule has 0 radical (unpaired) electrons. The van der Waals surface area contributed by atoms with Gasteiger partial charge in [0.1, 0.15) is 0 Å². The molecule has 2 saturated heterocycles. The zero-order valence-corrected chi connectivity index (χ0v) is 23.8. The molecule has 3 fully saturated rings. The average Bonchev–Trinajstić information content (AvgIpc) is 2.88. The van der Waals surface area contributed by atoms with Gasteiger partial charge >= 0.3 is 0 Å². The van der Waals surface area contributed by atoms with E-state index in [9.17, 15) is 14.7 Å². The van der Waals surface area contributed by atoms with Gasteiger partial charge in [0.05, 0.1) is 18.2 Å². The molecule has 3 aliphatic rings. The monoisotopic (exact) mass is 529 g/mol. The Balaban J connectivity index is 1.50. The molecule has 6 atom stereocenters. The molecule has 1 aliphatic carbocycles. The lowest BCUT2D eigenvalue weighted by Gasteiger charge is -2.47. The summed E-state index contributed by atoms with van der Waals surface area (Å²) in [6.07, 6.45) is 7.56. The van der Waals surface area contributed by atoms with Gasteiger partial charge in [-0.3, -0.25) is 14.5 Å². The Morgan fingerprint density at radius 3 is 2.46 bits per heavy atom. The van der Waals surface area contributed by atoms with E-state index in [-0.39, 0.29) is 29.3 Å². The van der Waals surface area contributed by atoms with Crippen molar-refractivity contribution in [1.82, 2.24) is 15.5 Å². The summed E-state index contributed by atoms with van der Waals surface area (Å²) in [4.78, 5) is 28.8. The summed E-state index contributed by atoms with van der Waals surface area (Å²) in [6.45, 7) is 7.29. The third-order valence-electron chi connectivity index (χ3n) is 8.35. The minimum absolute atomic E-state index is 0.00696. The summed E-state index contributed by atoms with van der Waals surface area (Å²) < 4.78 is 0. The van der Waals surface area contributed by atoms with E-state index in [1.54, 1.807) is 0 Å². The van der Waals surface area contributed by atoms with Crippen LogP contribution in [-0.4, -0.2) is 70.1 Å². The second-order valence-corrected chi connectivity index (χ2v) is 13.7. The van der Waals surface area contributed by atoms with Crippen molar-refractivity contribution in [3.63, 3.8) is 0 Å². The molecule has 206 valence electrons. The molecule has 0 aromatic heterocycles. The van der Waals surface area contributed by atoms with Gasteiger partial charge in [-0.1, -0.05) is 49.6 Å². The van der Waals surface area contributed by atoms with Crippen LogP contribution in [0.2, 0.25) is 0 Å². The van der Waals surface area contributed by atoms with E-state index in [2.05, 4.69) is 27.7 Å². The number of rotatable bonds is 8. The summed E-state index contributed by atoms with van der Waals surface area (Å²) in [6, 6.07) is 9.45. The molecule has 2 aliphatic heterocycles. The highest BCUT2D eigenvalue weighted by atomic mass is 32.2. The normalized spacial score (nSPS) is 28.5. The number of nitrogens with one attached hydrogen (secondary N) is 2. The number of hydrogen-bond donors (Lipinski definition) is 3. The molecule has 1 aromatic carbocycles. The van der Waals surface area contributed by atoms with Crippen LogP contribution >= 0.6 is 11.8 Å². The van der Waals surface area contributed by atoms with Crippen molar-refractivity contribution in [2.24, 2.45) is 17.8 Å². The summed E-state index contributed by atoms with van der Waals surface area (Å²) in [5.74, 6) is 3.26. The largest absolute Gasteiger partial charge is 0.390 e. The second-order valence-electron chi connectivity index (χ2n) is 12.5. The van der Waals surface area contributed by atoms with Crippen LogP contribution < -0.4 is 10.6 Å². The number of aliphatic hydroxyl groups excluding tert-OH is 1. The Bertz CT molecular complexity index is 884. The maximum atomic E-state index is 13.4. The smallest absolute Gasteiger partial charge is 0.237 e. The SMILES string of the molecule is CC(C)(C)NC(=O)[C@@H]1C[C@@H]2CCCC[C@@H]2CN1C[C@@H](O)[C@H](Cc1ccccc1)NC(=O)[C@@H]1CCCSC1. The molecule has 6 nitrogen and oxygen atoms in total. The van der Waals surface area contributed by atoms with Gasteiger partial charge in [0.15, 0.2) is 0 Å². The fourth-order valence-electron chi connectivity index (χ4n) is 6.39. The topological polar surface area (TPSA) is 81.7 Å². The van der Waals surface area contributed by atoms with Crippen LogP contribution in [0.1, 0.15) is 71.3 Å². The van der Waals surface area contributed by atoms with Crippen molar-refractivity contribution in [2.75, 3.05) is 24.6 Å². The van der Waals surface area contributed by atoms with Crippen LogP contribution in [0, 0.1) is 17.8 Å². The van der Waals surface area contributed by atoms with Gasteiger partial charge in [-0.25, -0.2) is 0 Å². The third kappa shape index (κ3) is 8.21. The van der Waals surface area contributed by atoms with Crippen molar-refractivity contribution >= 4 is 23.6 Å². The Kier molecular flexibility index (Phi) is 9.98. The molecule has 7 heteroatoms. The van der Waals surface area contributed by atoms with Crippen LogP contribution in [0.25, 0.3) is 0 Å². The zero-order chi connectivity index (χ0) is 26.4. The third-order valence-corrected chi connectivity index (χ3v) is 9.56. The molecule has 1 saturated carbocycles.